The molecule has 0 saturated carbocycles. The molecule has 0 aliphatic rings. The van der Waals surface area contributed by atoms with Crippen molar-refractivity contribution in [3.05, 3.63) is 36.7 Å². The van der Waals surface area contributed by atoms with Crippen molar-refractivity contribution in [2.24, 2.45) is 7.05 Å². The molecule has 4 N–H and O–H groups in total. The number of fused-ring (bicyclic) bond motifs is 1. The summed E-state index contributed by atoms with van der Waals surface area (Å²) < 4.78 is 2.07. The highest BCUT2D eigenvalue weighted by atomic mass is 15.0. The van der Waals surface area contributed by atoms with Crippen molar-refractivity contribution < 1.29 is 0 Å². The minimum atomic E-state index is 0.229. The Labute approximate surface area is 104 Å². The molecule has 0 fully saturated rings. The van der Waals surface area contributed by atoms with Crippen LogP contribution >= 0.6 is 0 Å². The van der Waals surface area contributed by atoms with Crippen LogP contribution in [0.25, 0.3) is 22.2 Å². The Balaban J connectivity index is 2.22. The van der Waals surface area contributed by atoms with Crippen LogP contribution in [0.15, 0.2) is 36.7 Å². The van der Waals surface area contributed by atoms with Crippen molar-refractivity contribution in [2.45, 2.75) is 0 Å². The average molecular weight is 239 g/mol. The van der Waals surface area contributed by atoms with E-state index in [-0.39, 0.29) is 5.95 Å². The van der Waals surface area contributed by atoms with Crippen LogP contribution in [0.3, 0.4) is 0 Å². The van der Waals surface area contributed by atoms with Crippen LogP contribution in [0.5, 0.6) is 0 Å². The first-order valence-electron chi connectivity index (χ1n) is 5.58. The van der Waals surface area contributed by atoms with Gasteiger partial charge in [-0.3, -0.25) is 0 Å². The van der Waals surface area contributed by atoms with E-state index in [1.807, 2.05) is 31.4 Å². The fourth-order valence-corrected chi connectivity index (χ4v) is 2.06. The first kappa shape index (κ1) is 10.6. The van der Waals surface area contributed by atoms with Crippen molar-refractivity contribution in [3.8, 4) is 11.3 Å². The second-order valence-electron chi connectivity index (χ2n) is 4.23. The second kappa shape index (κ2) is 3.73. The van der Waals surface area contributed by atoms with E-state index in [0.29, 0.717) is 11.4 Å². The lowest BCUT2D eigenvalue weighted by Crippen LogP contribution is -2.00. The third kappa shape index (κ3) is 1.57. The third-order valence-corrected chi connectivity index (χ3v) is 2.99. The Morgan fingerprint density at radius 1 is 1.17 bits per heavy atom. The number of nitrogen functional groups attached to an aromatic ring is 2. The quantitative estimate of drug-likeness (QED) is 0.678. The first-order chi connectivity index (χ1) is 8.65. The monoisotopic (exact) mass is 239 g/mol. The summed E-state index contributed by atoms with van der Waals surface area (Å²) in [5.74, 6) is 0.229. The van der Waals surface area contributed by atoms with Crippen LogP contribution < -0.4 is 11.5 Å². The van der Waals surface area contributed by atoms with Crippen LogP contribution in [0, 0.1) is 0 Å². The predicted molar refractivity (Wildman–Crippen MR) is 72.8 cm³/mol. The molecule has 0 unspecified atom stereocenters. The summed E-state index contributed by atoms with van der Waals surface area (Å²) in [6, 6.07) is 8.13. The van der Waals surface area contributed by atoms with Crippen molar-refractivity contribution >= 4 is 22.5 Å². The summed E-state index contributed by atoms with van der Waals surface area (Å²) in [5.41, 5.74) is 14.8. The molecular weight excluding hydrogens is 226 g/mol. The lowest BCUT2D eigenvalue weighted by molar-refractivity contribution is 0.969. The van der Waals surface area contributed by atoms with E-state index in [0.717, 1.165) is 10.9 Å². The van der Waals surface area contributed by atoms with Gasteiger partial charge < -0.3 is 16.0 Å². The number of aromatic nitrogens is 3. The Morgan fingerprint density at radius 3 is 2.83 bits per heavy atom. The maximum atomic E-state index is 5.88. The van der Waals surface area contributed by atoms with Crippen LogP contribution in [-0.4, -0.2) is 14.5 Å². The van der Waals surface area contributed by atoms with Gasteiger partial charge in [-0.05, 0) is 18.2 Å². The van der Waals surface area contributed by atoms with Crippen molar-refractivity contribution in [3.63, 3.8) is 0 Å². The number of benzene rings is 1. The highest BCUT2D eigenvalue weighted by molar-refractivity contribution is 5.87. The highest BCUT2D eigenvalue weighted by Crippen LogP contribution is 2.27. The topological polar surface area (TPSA) is 82.8 Å². The molecular formula is C13H13N5. The zero-order valence-electron chi connectivity index (χ0n) is 9.96. The molecule has 0 bridgehead atoms. The van der Waals surface area contributed by atoms with E-state index >= 15 is 0 Å². The summed E-state index contributed by atoms with van der Waals surface area (Å²) in [4.78, 5) is 8.06. The molecule has 0 amide bonds. The smallest absolute Gasteiger partial charge is 0.220 e. The first-order valence-corrected chi connectivity index (χ1v) is 5.58. The molecule has 0 atom stereocenters. The van der Waals surface area contributed by atoms with E-state index in [9.17, 15) is 0 Å². The molecule has 0 radical (unpaired) electrons. The van der Waals surface area contributed by atoms with Crippen molar-refractivity contribution in [1.82, 2.24) is 14.5 Å². The molecule has 18 heavy (non-hydrogen) atoms. The van der Waals surface area contributed by atoms with Crippen LogP contribution in [0.4, 0.5) is 11.6 Å². The summed E-state index contributed by atoms with van der Waals surface area (Å²) in [6.45, 7) is 0. The van der Waals surface area contributed by atoms with Gasteiger partial charge in [0.25, 0.3) is 0 Å². The molecule has 0 aliphatic carbocycles. The van der Waals surface area contributed by atoms with Gasteiger partial charge in [-0.2, -0.15) is 0 Å². The minimum Gasteiger partial charge on any atom is -0.396 e. The number of anilines is 2. The molecule has 1 aromatic carbocycles. The highest BCUT2D eigenvalue weighted by Gasteiger charge is 2.07. The fourth-order valence-electron chi connectivity index (χ4n) is 2.06. The van der Waals surface area contributed by atoms with Crippen molar-refractivity contribution in [2.75, 3.05) is 11.5 Å². The maximum Gasteiger partial charge on any atom is 0.220 e. The van der Waals surface area contributed by atoms with E-state index in [2.05, 4.69) is 20.6 Å². The SMILES string of the molecule is Cn1ccc2cc(-c3nc(N)ncc3N)ccc21. The number of nitrogens with two attached hydrogens (primary N) is 2. The molecule has 0 aliphatic heterocycles. The lowest BCUT2D eigenvalue weighted by Gasteiger charge is -2.06. The van der Waals surface area contributed by atoms with Gasteiger partial charge in [-0.25, -0.2) is 9.97 Å². The standard InChI is InChI=1S/C13H13N5/c1-18-5-4-8-6-9(2-3-11(8)18)12-10(14)7-16-13(15)17-12/h2-7H,14H2,1H3,(H2,15,16,17). The third-order valence-electron chi connectivity index (χ3n) is 2.99. The van der Waals surface area contributed by atoms with Crippen LogP contribution in [-0.2, 0) is 7.05 Å². The Morgan fingerprint density at radius 2 is 2.00 bits per heavy atom. The van der Waals surface area contributed by atoms with Crippen LogP contribution in [0.2, 0.25) is 0 Å². The zero-order valence-corrected chi connectivity index (χ0v) is 9.96. The summed E-state index contributed by atoms with van der Waals surface area (Å²) >= 11 is 0. The number of aryl methyl sites for hydroxylation is 1. The lowest BCUT2D eigenvalue weighted by atomic mass is 10.1. The minimum absolute atomic E-state index is 0.229. The predicted octanol–water partition coefficient (Wildman–Crippen LogP) is 1.80. The Bertz CT molecular complexity index is 729. The maximum absolute atomic E-state index is 5.88. The summed E-state index contributed by atoms with van der Waals surface area (Å²) in [6.07, 6.45) is 3.55. The van der Waals surface area contributed by atoms with E-state index in [1.165, 1.54) is 11.7 Å². The summed E-state index contributed by atoms with van der Waals surface area (Å²) in [5, 5.41) is 1.14. The second-order valence-corrected chi connectivity index (χ2v) is 4.23. The largest absolute Gasteiger partial charge is 0.396 e. The number of nitrogens with zero attached hydrogens (tertiary/aromatic N) is 3. The van der Waals surface area contributed by atoms with Gasteiger partial charge in [0.1, 0.15) is 0 Å². The van der Waals surface area contributed by atoms with Gasteiger partial charge in [0.15, 0.2) is 0 Å². The van der Waals surface area contributed by atoms with Gasteiger partial charge in [0.05, 0.1) is 17.6 Å². The molecule has 3 rings (SSSR count). The molecule has 3 aromatic rings. The Kier molecular flexibility index (Phi) is 2.19. The normalized spacial score (nSPS) is 10.9. The average Bonchev–Trinajstić information content (AvgIpc) is 2.74. The molecule has 0 spiro atoms. The molecule has 0 saturated heterocycles. The summed E-state index contributed by atoms with van der Waals surface area (Å²) in [7, 11) is 2.01. The van der Waals surface area contributed by atoms with E-state index < -0.39 is 0 Å². The van der Waals surface area contributed by atoms with Gasteiger partial charge in [0.2, 0.25) is 5.95 Å². The molecule has 5 nitrogen and oxygen atoms in total. The number of rotatable bonds is 1. The number of hydrogen-bond donors (Lipinski definition) is 2. The molecule has 5 heteroatoms. The Hall–Kier alpha value is -2.56. The van der Waals surface area contributed by atoms with E-state index in [4.69, 9.17) is 11.5 Å². The van der Waals surface area contributed by atoms with Gasteiger partial charge >= 0.3 is 0 Å². The van der Waals surface area contributed by atoms with Crippen LogP contribution in [0.1, 0.15) is 0 Å². The molecule has 2 aromatic heterocycles. The van der Waals surface area contributed by atoms with Gasteiger partial charge in [-0.15, -0.1) is 0 Å². The van der Waals surface area contributed by atoms with Gasteiger partial charge in [-0.1, -0.05) is 6.07 Å². The van der Waals surface area contributed by atoms with E-state index in [1.54, 1.807) is 0 Å². The fraction of sp³-hybridized carbons (Fsp3) is 0.0769. The zero-order chi connectivity index (χ0) is 12.7. The molecule has 2 heterocycles. The van der Waals surface area contributed by atoms with Gasteiger partial charge in [0, 0.05) is 29.7 Å². The number of hydrogen-bond acceptors (Lipinski definition) is 4. The van der Waals surface area contributed by atoms with Crippen molar-refractivity contribution in [1.29, 1.82) is 0 Å². The molecule has 90 valence electrons.